The Bertz CT molecular complexity index is 623. The lowest BCUT2D eigenvalue weighted by atomic mass is 10.1. The van der Waals surface area contributed by atoms with Gasteiger partial charge in [0.2, 0.25) is 10.0 Å². The molecule has 1 aromatic carbocycles. The molecule has 0 aliphatic carbocycles. The zero-order valence-corrected chi connectivity index (χ0v) is 11.1. The molecule has 0 bridgehead atoms. The van der Waals surface area contributed by atoms with E-state index in [2.05, 4.69) is 25.9 Å². The predicted molar refractivity (Wildman–Crippen MR) is 67.2 cm³/mol. The Morgan fingerprint density at radius 2 is 2.05 bits per heavy atom. The topological polar surface area (TPSA) is 127 Å². The minimum atomic E-state index is -3.65. The van der Waals surface area contributed by atoms with Crippen LogP contribution in [0.4, 0.5) is 0 Å². The van der Waals surface area contributed by atoms with Crippen LogP contribution in [0.1, 0.15) is 24.4 Å². The SMILES string of the molecule is CC(NCc1nn[nH]n1)c1ccc(S(N)(=O)=O)cc1. The van der Waals surface area contributed by atoms with Crippen molar-refractivity contribution in [1.29, 1.82) is 0 Å². The summed E-state index contributed by atoms with van der Waals surface area (Å²) in [6.45, 7) is 2.42. The quantitative estimate of drug-likeness (QED) is 0.691. The maximum atomic E-state index is 11.1. The molecule has 0 saturated heterocycles. The highest BCUT2D eigenvalue weighted by Gasteiger charge is 2.10. The molecule has 102 valence electrons. The zero-order chi connectivity index (χ0) is 13.9. The molecule has 1 aromatic heterocycles. The van der Waals surface area contributed by atoms with Gasteiger partial charge in [0.15, 0.2) is 5.82 Å². The van der Waals surface area contributed by atoms with E-state index in [1.165, 1.54) is 12.1 Å². The Labute approximate surface area is 110 Å². The number of H-pyrrole nitrogens is 1. The number of nitrogens with zero attached hydrogens (tertiary/aromatic N) is 3. The Balaban J connectivity index is 2.01. The smallest absolute Gasteiger partial charge is 0.238 e. The van der Waals surface area contributed by atoms with E-state index in [9.17, 15) is 8.42 Å². The Morgan fingerprint density at radius 3 is 2.58 bits per heavy atom. The van der Waals surface area contributed by atoms with Gasteiger partial charge in [-0.2, -0.15) is 5.21 Å². The molecule has 19 heavy (non-hydrogen) atoms. The van der Waals surface area contributed by atoms with Crippen molar-refractivity contribution in [1.82, 2.24) is 25.9 Å². The number of sulfonamides is 1. The fraction of sp³-hybridized carbons (Fsp3) is 0.300. The Kier molecular flexibility index (Phi) is 3.88. The highest BCUT2D eigenvalue weighted by molar-refractivity contribution is 7.89. The van der Waals surface area contributed by atoms with Crippen molar-refractivity contribution >= 4 is 10.0 Å². The summed E-state index contributed by atoms with van der Waals surface area (Å²) in [6, 6.07) is 6.42. The summed E-state index contributed by atoms with van der Waals surface area (Å²) in [6.07, 6.45) is 0. The van der Waals surface area contributed by atoms with E-state index in [1.807, 2.05) is 6.92 Å². The molecule has 1 atom stereocenters. The summed E-state index contributed by atoms with van der Waals surface area (Å²) >= 11 is 0. The lowest BCUT2D eigenvalue weighted by Gasteiger charge is -2.13. The van der Waals surface area contributed by atoms with Gasteiger partial charge in [0.1, 0.15) is 0 Å². The van der Waals surface area contributed by atoms with E-state index < -0.39 is 10.0 Å². The summed E-state index contributed by atoms with van der Waals surface area (Å²) in [4.78, 5) is 0.0987. The molecular formula is C10H14N6O2S. The fourth-order valence-corrected chi connectivity index (χ4v) is 2.08. The molecule has 0 saturated carbocycles. The minimum absolute atomic E-state index is 0.0213. The first-order chi connectivity index (χ1) is 8.97. The second kappa shape index (κ2) is 5.43. The predicted octanol–water partition coefficient (Wildman–Crippen LogP) is -0.302. The van der Waals surface area contributed by atoms with Crippen LogP contribution in [0.3, 0.4) is 0 Å². The molecule has 0 aliphatic rings. The first kappa shape index (κ1) is 13.6. The summed E-state index contributed by atoms with van der Waals surface area (Å²) in [5, 5.41) is 21.7. The third kappa shape index (κ3) is 3.56. The molecular weight excluding hydrogens is 268 g/mol. The number of tetrazole rings is 1. The van der Waals surface area contributed by atoms with Crippen molar-refractivity contribution in [3.8, 4) is 0 Å². The van der Waals surface area contributed by atoms with Crippen molar-refractivity contribution in [3.05, 3.63) is 35.7 Å². The van der Waals surface area contributed by atoms with Crippen molar-refractivity contribution in [2.45, 2.75) is 24.4 Å². The normalized spacial score (nSPS) is 13.4. The number of primary sulfonamides is 1. The van der Waals surface area contributed by atoms with Crippen molar-refractivity contribution < 1.29 is 8.42 Å². The van der Waals surface area contributed by atoms with Gasteiger partial charge in [-0.3, -0.25) is 0 Å². The first-order valence-electron chi connectivity index (χ1n) is 5.55. The van der Waals surface area contributed by atoms with E-state index in [0.717, 1.165) is 5.56 Å². The van der Waals surface area contributed by atoms with Crippen LogP contribution in [-0.2, 0) is 16.6 Å². The van der Waals surface area contributed by atoms with Crippen molar-refractivity contribution in [2.75, 3.05) is 0 Å². The van der Waals surface area contributed by atoms with Gasteiger partial charge in [-0.15, -0.1) is 10.2 Å². The number of aromatic amines is 1. The highest BCUT2D eigenvalue weighted by Crippen LogP contribution is 2.15. The summed E-state index contributed by atoms with van der Waals surface area (Å²) in [5.74, 6) is 0.563. The van der Waals surface area contributed by atoms with Gasteiger partial charge in [-0.25, -0.2) is 13.6 Å². The zero-order valence-electron chi connectivity index (χ0n) is 10.2. The highest BCUT2D eigenvalue weighted by atomic mass is 32.2. The second-order valence-electron chi connectivity index (χ2n) is 4.04. The van der Waals surface area contributed by atoms with Gasteiger partial charge in [0.05, 0.1) is 11.4 Å². The molecule has 9 heteroatoms. The van der Waals surface area contributed by atoms with Crippen LogP contribution in [0.25, 0.3) is 0 Å². The third-order valence-electron chi connectivity index (χ3n) is 2.66. The van der Waals surface area contributed by atoms with E-state index >= 15 is 0 Å². The first-order valence-corrected chi connectivity index (χ1v) is 7.10. The number of nitrogens with one attached hydrogen (secondary N) is 2. The van der Waals surface area contributed by atoms with Crippen molar-refractivity contribution in [3.63, 3.8) is 0 Å². The second-order valence-corrected chi connectivity index (χ2v) is 5.61. The maximum Gasteiger partial charge on any atom is 0.238 e. The molecule has 0 fully saturated rings. The number of hydrogen-bond acceptors (Lipinski definition) is 6. The Hall–Kier alpha value is -1.84. The molecule has 1 heterocycles. The van der Waals surface area contributed by atoms with Crippen LogP contribution in [0.5, 0.6) is 0 Å². The monoisotopic (exact) mass is 282 g/mol. The number of aromatic nitrogens is 4. The van der Waals surface area contributed by atoms with Gasteiger partial charge < -0.3 is 5.32 Å². The van der Waals surface area contributed by atoms with E-state index in [1.54, 1.807) is 12.1 Å². The number of hydrogen-bond donors (Lipinski definition) is 3. The number of benzene rings is 1. The van der Waals surface area contributed by atoms with E-state index in [4.69, 9.17) is 5.14 Å². The molecule has 1 unspecified atom stereocenters. The van der Waals surface area contributed by atoms with Gasteiger partial charge in [0.25, 0.3) is 0 Å². The number of nitrogens with two attached hydrogens (primary N) is 1. The van der Waals surface area contributed by atoms with Gasteiger partial charge in [-0.1, -0.05) is 17.3 Å². The molecule has 0 spiro atoms. The molecule has 2 rings (SSSR count). The molecule has 0 radical (unpaired) electrons. The molecule has 0 amide bonds. The molecule has 8 nitrogen and oxygen atoms in total. The fourth-order valence-electron chi connectivity index (χ4n) is 1.57. The van der Waals surface area contributed by atoms with Crippen LogP contribution in [0, 0.1) is 0 Å². The molecule has 0 aliphatic heterocycles. The van der Waals surface area contributed by atoms with Crippen LogP contribution in [0.15, 0.2) is 29.2 Å². The average Bonchev–Trinajstić information content (AvgIpc) is 2.88. The Morgan fingerprint density at radius 1 is 1.37 bits per heavy atom. The average molecular weight is 282 g/mol. The van der Waals surface area contributed by atoms with Gasteiger partial charge in [0, 0.05) is 6.04 Å². The van der Waals surface area contributed by atoms with Crippen LogP contribution >= 0.6 is 0 Å². The van der Waals surface area contributed by atoms with Gasteiger partial charge >= 0.3 is 0 Å². The number of rotatable bonds is 5. The molecule has 4 N–H and O–H groups in total. The largest absolute Gasteiger partial charge is 0.303 e. The third-order valence-corrected chi connectivity index (χ3v) is 3.59. The van der Waals surface area contributed by atoms with Crippen molar-refractivity contribution in [2.24, 2.45) is 5.14 Å². The van der Waals surface area contributed by atoms with Gasteiger partial charge in [-0.05, 0) is 24.6 Å². The maximum absolute atomic E-state index is 11.1. The standard InChI is InChI=1S/C10H14N6O2S/c1-7(12-6-10-13-15-16-14-10)8-2-4-9(5-3-8)19(11,17)18/h2-5,7,12H,6H2,1H3,(H2,11,17,18)(H,13,14,15,16). The van der Waals surface area contributed by atoms with E-state index in [-0.39, 0.29) is 10.9 Å². The van der Waals surface area contributed by atoms with Crippen LogP contribution < -0.4 is 10.5 Å². The summed E-state index contributed by atoms with van der Waals surface area (Å²) < 4.78 is 22.3. The lowest BCUT2D eigenvalue weighted by Crippen LogP contribution is -2.19. The lowest BCUT2D eigenvalue weighted by molar-refractivity contribution is 0.559. The van der Waals surface area contributed by atoms with Crippen LogP contribution in [0.2, 0.25) is 0 Å². The minimum Gasteiger partial charge on any atom is -0.303 e. The molecule has 2 aromatic rings. The summed E-state index contributed by atoms with van der Waals surface area (Å²) in [5.41, 5.74) is 0.941. The van der Waals surface area contributed by atoms with E-state index in [0.29, 0.717) is 12.4 Å². The summed E-state index contributed by atoms with van der Waals surface area (Å²) in [7, 11) is -3.65. The van der Waals surface area contributed by atoms with Crippen LogP contribution in [-0.4, -0.2) is 29.0 Å².